The molecule has 10 rings (SSSR count). The summed E-state index contributed by atoms with van der Waals surface area (Å²) in [5, 5.41) is 2.32. The van der Waals surface area contributed by atoms with Crippen molar-refractivity contribution in [2.45, 2.75) is 0 Å². The van der Waals surface area contributed by atoms with Crippen LogP contribution in [0.2, 0.25) is 0 Å². The lowest BCUT2D eigenvalue weighted by molar-refractivity contribution is 0.953. The fraction of sp³-hybridized carbons (Fsp3) is 0. The molecular weight excluding hydrogens is 669 g/mol. The molecule has 0 aliphatic carbocycles. The van der Waals surface area contributed by atoms with Gasteiger partial charge in [0.05, 0.1) is 11.0 Å². The number of rotatable bonds is 7. The van der Waals surface area contributed by atoms with Crippen LogP contribution >= 0.6 is 0 Å². The first-order valence-electron chi connectivity index (χ1n) is 18.5. The fourth-order valence-corrected chi connectivity index (χ4v) is 7.46. The minimum absolute atomic E-state index is 0.582. The van der Waals surface area contributed by atoms with Gasteiger partial charge in [-0.1, -0.05) is 194 Å². The molecule has 0 aliphatic heterocycles. The number of hydrogen-bond acceptors (Lipinski definition) is 3. The lowest BCUT2D eigenvalue weighted by atomic mass is 9.99. The molecule has 0 N–H and O–H groups in total. The van der Waals surface area contributed by atoms with E-state index in [1.165, 1.54) is 22.3 Å². The normalized spacial score (nSPS) is 11.3. The van der Waals surface area contributed by atoms with Gasteiger partial charge in [0.25, 0.3) is 0 Å². The molecule has 2 heterocycles. The Kier molecular flexibility index (Phi) is 8.12. The maximum Gasteiger partial charge on any atom is 0.238 e. The molecule has 0 unspecified atom stereocenters. The topological polar surface area (TPSA) is 43.6 Å². The zero-order valence-corrected chi connectivity index (χ0v) is 29.9. The number of nitrogens with zero attached hydrogens (tertiary/aromatic N) is 4. The highest BCUT2D eigenvalue weighted by Crippen LogP contribution is 2.34. The third-order valence-electron chi connectivity index (χ3n) is 10.3. The van der Waals surface area contributed by atoms with Gasteiger partial charge in [-0.15, -0.1) is 0 Å². The van der Waals surface area contributed by atoms with Crippen molar-refractivity contribution >= 4 is 21.8 Å². The van der Waals surface area contributed by atoms with E-state index in [0.29, 0.717) is 17.6 Å². The molecule has 2 aromatic heterocycles. The predicted octanol–water partition coefficient (Wildman–Crippen LogP) is 13.0. The molecule has 0 radical (unpaired) electrons. The first-order chi connectivity index (χ1) is 27.2. The second-order valence-electron chi connectivity index (χ2n) is 13.7. The minimum atomic E-state index is 0.582. The highest BCUT2D eigenvalue weighted by Gasteiger charge is 2.18. The Bertz CT molecular complexity index is 2720. The van der Waals surface area contributed by atoms with Gasteiger partial charge >= 0.3 is 0 Å². The summed E-state index contributed by atoms with van der Waals surface area (Å²) in [5.74, 6) is 1.82. The molecule has 0 fully saturated rings. The van der Waals surface area contributed by atoms with Crippen molar-refractivity contribution < 1.29 is 0 Å². The van der Waals surface area contributed by atoms with Gasteiger partial charge in [0.15, 0.2) is 11.6 Å². The molecule has 0 amide bonds. The van der Waals surface area contributed by atoms with Crippen LogP contribution in [0.4, 0.5) is 0 Å². The Balaban J connectivity index is 1.04. The standard InChI is InChI=1S/C51H34N4/c1-3-11-35(12-4-1)37-19-23-39(24-20-37)41-27-31-43(32-28-41)49-52-50(54-51(53-49)55-47-17-9-7-15-45(47)46-16-8-10-18-48(46)55)44-33-29-42(30-34-44)40-25-21-38(22-26-40)36-13-5-2-6-14-36/h1-34H. The smallest absolute Gasteiger partial charge is 0.238 e. The van der Waals surface area contributed by atoms with Crippen molar-refractivity contribution in [2.24, 2.45) is 0 Å². The molecular formula is C51H34N4. The van der Waals surface area contributed by atoms with Crippen LogP contribution in [0.25, 0.3) is 95.0 Å². The summed E-state index contributed by atoms with van der Waals surface area (Å²) < 4.78 is 2.16. The van der Waals surface area contributed by atoms with Crippen LogP contribution in [0, 0.1) is 0 Å². The quantitative estimate of drug-likeness (QED) is 0.166. The second kappa shape index (κ2) is 13.8. The summed E-state index contributed by atoms with van der Waals surface area (Å²) in [6.45, 7) is 0. The number of fused-ring (bicyclic) bond motifs is 3. The highest BCUT2D eigenvalue weighted by atomic mass is 15.2. The highest BCUT2D eigenvalue weighted by molar-refractivity contribution is 6.09. The Hall–Kier alpha value is -7.43. The third-order valence-corrected chi connectivity index (χ3v) is 10.3. The van der Waals surface area contributed by atoms with E-state index >= 15 is 0 Å². The van der Waals surface area contributed by atoms with Crippen molar-refractivity contribution in [3.05, 3.63) is 206 Å². The van der Waals surface area contributed by atoms with Crippen LogP contribution in [0.1, 0.15) is 0 Å². The number of hydrogen-bond donors (Lipinski definition) is 0. The van der Waals surface area contributed by atoms with E-state index in [0.717, 1.165) is 55.2 Å². The molecule has 258 valence electrons. The van der Waals surface area contributed by atoms with Gasteiger partial charge in [-0.25, -0.2) is 4.98 Å². The maximum absolute atomic E-state index is 5.16. The molecule has 0 atom stereocenters. The summed E-state index contributed by atoms with van der Waals surface area (Å²) in [6, 6.07) is 72.3. The van der Waals surface area contributed by atoms with Gasteiger partial charge in [-0.3, -0.25) is 4.57 Å². The van der Waals surface area contributed by atoms with Crippen molar-refractivity contribution in [3.8, 4) is 73.2 Å². The monoisotopic (exact) mass is 702 g/mol. The SMILES string of the molecule is c1ccc(-c2ccc(-c3ccc(-c4nc(-c5ccc(-c6ccc(-c7ccccc7)cc6)cc5)nc(-n5c6ccccc6c6ccccc65)n4)cc3)cc2)cc1. The van der Waals surface area contributed by atoms with Gasteiger partial charge in [0.1, 0.15) is 0 Å². The van der Waals surface area contributed by atoms with Crippen molar-refractivity contribution in [1.82, 2.24) is 19.5 Å². The summed E-state index contributed by atoms with van der Waals surface area (Å²) >= 11 is 0. The van der Waals surface area contributed by atoms with Gasteiger partial charge in [0.2, 0.25) is 5.95 Å². The third kappa shape index (κ3) is 6.16. The Morgan fingerprint density at radius 1 is 0.236 bits per heavy atom. The van der Waals surface area contributed by atoms with E-state index in [9.17, 15) is 0 Å². The minimum Gasteiger partial charge on any atom is -0.278 e. The lowest BCUT2D eigenvalue weighted by Gasteiger charge is -2.12. The molecule has 0 bridgehead atoms. The van der Waals surface area contributed by atoms with Gasteiger partial charge in [-0.05, 0) is 56.6 Å². The number of benzene rings is 8. The van der Waals surface area contributed by atoms with Crippen molar-refractivity contribution in [3.63, 3.8) is 0 Å². The summed E-state index contributed by atoms with van der Waals surface area (Å²) in [5.41, 5.74) is 13.3. The van der Waals surface area contributed by atoms with Crippen LogP contribution < -0.4 is 0 Å². The molecule has 0 saturated heterocycles. The molecule has 8 aromatic carbocycles. The first kappa shape index (κ1) is 32.2. The largest absolute Gasteiger partial charge is 0.278 e. The summed E-state index contributed by atoms with van der Waals surface area (Å²) in [4.78, 5) is 15.4. The van der Waals surface area contributed by atoms with Crippen LogP contribution in [-0.2, 0) is 0 Å². The van der Waals surface area contributed by atoms with Crippen LogP contribution in [0.3, 0.4) is 0 Å². The molecule has 10 aromatic rings. The molecule has 0 aliphatic rings. The van der Waals surface area contributed by atoms with Crippen LogP contribution in [0.5, 0.6) is 0 Å². The van der Waals surface area contributed by atoms with E-state index in [4.69, 9.17) is 15.0 Å². The average Bonchev–Trinajstić information content (AvgIpc) is 3.62. The van der Waals surface area contributed by atoms with Gasteiger partial charge < -0.3 is 0 Å². The molecule has 0 spiro atoms. The predicted molar refractivity (Wildman–Crippen MR) is 227 cm³/mol. The molecule has 4 nitrogen and oxygen atoms in total. The second-order valence-corrected chi connectivity index (χ2v) is 13.7. The average molecular weight is 703 g/mol. The molecule has 55 heavy (non-hydrogen) atoms. The van der Waals surface area contributed by atoms with E-state index in [1.807, 2.05) is 12.1 Å². The zero-order chi connectivity index (χ0) is 36.6. The summed E-state index contributed by atoms with van der Waals surface area (Å²) in [7, 11) is 0. The van der Waals surface area contributed by atoms with E-state index in [1.54, 1.807) is 0 Å². The van der Waals surface area contributed by atoms with Crippen LogP contribution in [0.15, 0.2) is 206 Å². The first-order valence-corrected chi connectivity index (χ1v) is 18.5. The van der Waals surface area contributed by atoms with Gasteiger partial charge in [0, 0.05) is 21.9 Å². The summed E-state index contributed by atoms with van der Waals surface area (Å²) in [6.07, 6.45) is 0. The number of aromatic nitrogens is 4. The van der Waals surface area contributed by atoms with E-state index in [-0.39, 0.29) is 0 Å². The maximum atomic E-state index is 5.16. The molecule has 0 saturated carbocycles. The lowest BCUT2D eigenvalue weighted by Crippen LogP contribution is -2.06. The fourth-order valence-electron chi connectivity index (χ4n) is 7.46. The molecule has 4 heteroatoms. The Morgan fingerprint density at radius 3 is 0.855 bits per heavy atom. The van der Waals surface area contributed by atoms with E-state index in [2.05, 4.69) is 199 Å². The van der Waals surface area contributed by atoms with Crippen LogP contribution in [-0.4, -0.2) is 19.5 Å². The van der Waals surface area contributed by atoms with Crippen molar-refractivity contribution in [1.29, 1.82) is 0 Å². The number of para-hydroxylation sites is 2. The van der Waals surface area contributed by atoms with Crippen molar-refractivity contribution in [2.75, 3.05) is 0 Å². The van der Waals surface area contributed by atoms with Gasteiger partial charge in [-0.2, -0.15) is 9.97 Å². The van der Waals surface area contributed by atoms with E-state index < -0.39 is 0 Å². The zero-order valence-electron chi connectivity index (χ0n) is 29.9. The Labute approximate surface area is 319 Å². The Morgan fingerprint density at radius 2 is 0.509 bits per heavy atom.